The van der Waals surface area contributed by atoms with Crippen molar-refractivity contribution in [3.8, 4) is 0 Å². The molecule has 2 rings (SSSR count). The van der Waals surface area contributed by atoms with Crippen LogP contribution in [-0.4, -0.2) is 45.5 Å². The van der Waals surface area contributed by atoms with Crippen molar-refractivity contribution in [3.05, 3.63) is 0 Å². The molecule has 1 aliphatic carbocycles. The van der Waals surface area contributed by atoms with Gasteiger partial charge in [0.2, 0.25) is 10.0 Å². The van der Waals surface area contributed by atoms with Crippen LogP contribution >= 0.6 is 0 Å². The first kappa shape index (κ1) is 13.3. The molecule has 0 aromatic heterocycles. The molecule has 1 unspecified atom stereocenters. The van der Waals surface area contributed by atoms with Crippen LogP contribution < -0.4 is 10.0 Å². The Morgan fingerprint density at radius 3 is 2.76 bits per heavy atom. The van der Waals surface area contributed by atoms with Crippen LogP contribution in [0.3, 0.4) is 0 Å². The van der Waals surface area contributed by atoms with E-state index in [-0.39, 0.29) is 5.75 Å². The van der Waals surface area contributed by atoms with Crippen molar-refractivity contribution in [2.24, 2.45) is 0 Å². The van der Waals surface area contributed by atoms with Crippen LogP contribution in [0.25, 0.3) is 0 Å². The average Bonchev–Trinajstić information content (AvgIpc) is 3.00. The fourth-order valence-corrected chi connectivity index (χ4v) is 3.53. The lowest BCUT2D eigenvalue weighted by Gasteiger charge is -2.33. The Bertz CT molecular complexity index is 346. The van der Waals surface area contributed by atoms with Crippen molar-refractivity contribution >= 4 is 10.0 Å². The second-order valence-electron chi connectivity index (χ2n) is 5.37. The van der Waals surface area contributed by atoms with Gasteiger partial charge in [0.05, 0.1) is 17.9 Å². The van der Waals surface area contributed by atoms with Gasteiger partial charge in [-0.1, -0.05) is 0 Å². The highest BCUT2D eigenvalue weighted by molar-refractivity contribution is 7.89. The van der Waals surface area contributed by atoms with Crippen LogP contribution in [0.4, 0.5) is 0 Å². The van der Waals surface area contributed by atoms with Crippen LogP contribution in [0.1, 0.15) is 32.6 Å². The number of hydrogen-bond donors (Lipinski definition) is 2. The smallest absolute Gasteiger partial charge is 0.213 e. The summed E-state index contributed by atoms with van der Waals surface area (Å²) in [6, 6.07) is 0.554. The molecule has 0 radical (unpaired) electrons. The zero-order chi connectivity index (χ0) is 12.4. The van der Waals surface area contributed by atoms with E-state index in [0.29, 0.717) is 19.2 Å². The third-order valence-electron chi connectivity index (χ3n) is 3.22. The Kier molecular flexibility index (Phi) is 4.07. The van der Waals surface area contributed by atoms with E-state index >= 15 is 0 Å². The molecule has 1 saturated carbocycles. The lowest BCUT2D eigenvalue weighted by atomic mass is 9.97. The van der Waals surface area contributed by atoms with E-state index in [1.807, 2.05) is 6.92 Å². The molecule has 0 bridgehead atoms. The van der Waals surface area contributed by atoms with E-state index in [0.717, 1.165) is 19.4 Å². The maximum atomic E-state index is 11.9. The predicted octanol–water partition coefficient (Wildman–Crippen LogP) is 0.227. The van der Waals surface area contributed by atoms with Crippen LogP contribution in [-0.2, 0) is 14.8 Å². The van der Waals surface area contributed by atoms with Gasteiger partial charge in [0.1, 0.15) is 0 Å². The minimum atomic E-state index is -3.20. The van der Waals surface area contributed by atoms with Gasteiger partial charge in [0.15, 0.2) is 0 Å². The summed E-state index contributed by atoms with van der Waals surface area (Å²) in [6.45, 7) is 3.66. The second kappa shape index (κ2) is 5.22. The van der Waals surface area contributed by atoms with Gasteiger partial charge in [0.25, 0.3) is 0 Å². The van der Waals surface area contributed by atoms with Crippen LogP contribution in [0.2, 0.25) is 0 Å². The number of hydrogen-bond acceptors (Lipinski definition) is 4. The molecule has 1 saturated heterocycles. The molecular formula is C11H22N2O3S. The highest BCUT2D eigenvalue weighted by Gasteiger charge is 2.32. The minimum Gasteiger partial charge on any atom is -0.380 e. The zero-order valence-corrected chi connectivity index (χ0v) is 11.2. The first-order chi connectivity index (χ1) is 7.99. The van der Waals surface area contributed by atoms with Gasteiger partial charge >= 0.3 is 0 Å². The second-order valence-corrected chi connectivity index (χ2v) is 7.21. The minimum absolute atomic E-state index is 0.152. The van der Waals surface area contributed by atoms with Crippen molar-refractivity contribution in [1.82, 2.24) is 10.0 Å². The van der Waals surface area contributed by atoms with Crippen LogP contribution in [0.15, 0.2) is 0 Å². The molecule has 5 nitrogen and oxygen atoms in total. The van der Waals surface area contributed by atoms with E-state index in [4.69, 9.17) is 4.74 Å². The van der Waals surface area contributed by atoms with E-state index in [1.54, 1.807) is 0 Å². The summed E-state index contributed by atoms with van der Waals surface area (Å²) in [7, 11) is -3.20. The molecule has 0 aromatic carbocycles. The number of ether oxygens (including phenoxy) is 1. The van der Waals surface area contributed by atoms with Crippen molar-refractivity contribution in [1.29, 1.82) is 0 Å². The zero-order valence-electron chi connectivity index (χ0n) is 10.4. The first-order valence-corrected chi connectivity index (χ1v) is 7.97. The highest BCUT2D eigenvalue weighted by atomic mass is 32.2. The van der Waals surface area contributed by atoms with Crippen molar-refractivity contribution in [2.75, 3.05) is 25.5 Å². The lowest BCUT2D eigenvalue weighted by Crippen LogP contribution is -2.52. The van der Waals surface area contributed by atoms with Gasteiger partial charge in [-0.2, -0.15) is 0 Å². The number of rotatable bonds is 6. The molecule has 1 atom stereocenters. The number of sulfonamides is 1. The maximum Gasteiger partial charge on any atom is 0.213 e. The summed E-state index contributed by atoms with van der Waals surface area (Å²) >= 11 is 0. The summed E-state index contributed by atoms with van der Waals surface area (Å²) < 4.78 is 31.9. The summed E-state index contributed by atoms with van der Waals surface area (Å²) in [4.78, 5) is 0. The van der Waals surface area contributed by atoms with Gasteiger partial charge < -0.3 is 10.1 Å². The van der Waals surface area contributed by atoms with Crippen molar-refractivity contribution < 1.29 is 13.2 Å². The molecule has 100 valence electrons. The van der Waals surface area contributed by atoms with Crippen molar-refractivity contribution in [2.45, 2.75) is 44.2 Å². The van der Waals surface area contributed by atoms with Crippen molar-refractivity contribution in [3.63, 3.8) is 0 Å². The van der Waals surface area contributed by atoms with Gasteiger partial charge in [-0.25, -0.2) is 13.1 Å². The molecule has 1 aliphatic heterocycles. The SMILES string of the molecule is CC1(NS(=O)(=O)CCNC2CC2)CCCOC1. The first-order valence-electron chi connectivity index (χ1n) is 6.32. The summed E-state index contributed by atoms with van der Waals surface area (Å²) in [5.41, 5.74) is -0.420. The van der Waals surface area contributed by atoms with E-state index < -0.39 is 15.6 Å². The van der Waals surface area contributed by atoms with Gasteiger partial charge in [0, 0.05) is 19.2 Å². The third-order valence-corrected chi connectivity index (χ3v) is 4.77. The molecule has 2 N–H and O–H groups in total. The Morgan fingerprint density at radius 2 is 2.18 bits per heavy atom. The maximum absolute atomic E-state index is 11.9. The summed E-state index contributed by atoms with van der Waals surface area (Å²) in [5.74, 6) is 0.152. The van der Waals surface area contributed by atoms with Crippen LogP contribution in [0, 0.1) is 0 Å². The normalized spacial score (nSPS) is 30.4. The predicted molar refractivity (Wildman–Crippen MR) is 66.4 cm³/mol. The Balaban J connectivity index is 1.77. The van der Waals surface area contributed by atoms with E-state index in [1.165, 1.54) is 12.8 Å². The topological polar surface area (TPSA) is 67.4 Å². The molecular weight excluding hydrogens is 240 g/mol. The molecule has 0 spiro atoms. The number of nitrogens with one attached hydrogen (secondary N) is 2. The molecule has 17 heavy (non-hydrogen) atoms. The summed E-state index contributed by atoms with van der Waals surface area (Å²) in [5, 5.41) is 3.21. The molecule has 6 heteroatoms. The van der Waals surface area contributed by atoms with Crippen LogP contribution in [0.5, 0.6) is 0 Å². The van der Waals surface area contributed by atoms with Gasteiger partial charge in [-0.3, -0.25) is 0 Å². The van der Waals surface area contributed by atoms with Gasteiger partial charge in [-0.05, 0) is 32.6 Å². The molecule has 2 fully saturated rings. The van der Waals surface area contributed by atoms with Gasteiger partial charge in [-0.15, -0.1) is 0 Å². The third kappa shape index (κ3) is 4.54. The highest BCUT2D eigenvalue weighted by Crippen LogP contribution is 2.20. The lowest BCUT2D eigenvalue weighted by molar-refractivity contribution is 0.0386. The van der Waals surface area contributed by atoms with E-state index in [2.05, 4.69) is 10.0 Å². The standard InChI is InChI=1S/C11H22N2O3S/c1-11(5-2-7-16-9-11)13-17(14,15)8-6-12-10-3-4-10/h10,12-13H,2-9H2,1H3. The Hall–Kier alpha value is -0.170. The fourth-order valence-electron chi connectivity index (χ4n) is 2.13. The Labute approximate surface area is 103 Å². The quantitative estimate of drug-likeness (QED) is 0.719. The Morgan fingerprint density at radius 1 is 1.41 bits per heavy atom. The summed E-state index contributed by atoms with van der Waals surface area (Å²) in [6.07, 6.45) is 4.12. The molecule has 2 aliphatic rings. The van der Waals surface area contributed by atoms with E-state index in [9.17, 15) is 8.42 Å². The fraction of sp³-hybridized carbons (Fsp3) is 1.00. The largest absolute Gasteiger partial charge is 0.380 e. The molecule has 0 aromatic rings. The molecule has 1 heterocycles. The monoisotopic (exact) mass is 262 g/mol. The molecule has 0 amide bonds. The average molecular weight is 262 g/mol.